The Morgan fingerprint density at radius 2 is 2.40 bits per heavy atom. The molecular weight excluding hydrogens is 200 g/mol. The zero-order valence-electron chi connectivity index (χ0n) is 4.89. The fourth-order valence-corrected chi connectivity index (χ4v) is 0.884. The van der Waals surface area contributed by atoms with Crippen LogP contribution >= 0.6 is 15.9 Å². The molecule has 54 valence electrons. The molecule has 0 bridgehead atoms. The van der Waals surface area contributed by atoms with Crippen LogP contribution in [0.25, 0.3) is 0 Å². The summed E-state index contributed by atoms with van der Waals surface area (Å²) >= 11 is 3.12. The minimum absolute atomic E-state index is 0.120. The second kappa shape index (κ2) is 2.85. The SMILES string of the molecule is O=c1[nH]cc(Br)cc1NO. The molecule has 0 saturated heterocycles. The molecule has 0 unspecified atom stereocenters. The highest BCUT2D eigenvalue weighted by Gasteiger charge is 1.95. The summed E-state index contributed by atoms with van der Waals surface area (Å²) in [6, 6.07) is 1.47. The highest BCUT2D eigenvalue weighted by molar-refractivity contribution is 9.10. The van der Waals surface area contributed by atoms with Crippen molar-refractivity contribution in [3.05, 3.63) is 27.1 Å². The van der Waals surface area contributed by atoms with Crippen LogP contribution < -0.4 is 11.0 Å². The number of nitrogens with one attached hydrogen (secondary N) is 2. The van der Waals surface area contributed by atoms with Gasteiger partial charge in [-0.3, -0.25) is 15.5 Å². The maximum absolute atomic E-state index is 10.7. The fraction of sp³-hybridized carbons (Fsp3) is 0. The van der Waals surface area contributed by atoms with E-state index in [-0.39, 0.29) is 11.2 Å². The molecule has 1 aromatic heterocycles. The van der Waals surface area contributed by atoms with E-state index in [0.717, 1.165) is 0 Å². The lowest BCUT2D eigenvalue weighted by Crippen LogP contribution is -2.10. The second-order valence-corrected chi connectivity index (χ2v) is 2.59. The van der Waals surface area contributed by atoms with Crippen LogP contribution in [0.15, 0.2) is 21.5 Å². The topological polar surface area (TPSA) is 65.1 Å². The molecule has 5 heteroatoms. The Balaban J connectivity index is 3.22. The largest absolute Gasteiger partial charge is 0.326 e. The quantitative estimate of drug-likeness (QED) is 0.597. The van der Waals surface area contributed by atoms with E-state index in [2.05, 4.69) is 20.9 Å². The van der Waals surface area contributed by atoms with Crippen molar-refractivity contribution in [1.82, 2.24) is 4.98 Å². The number of hydrogen-bond donors (Lipinski definition) is 3. The van der Waals surface area contributed by atoms with E-state index in [1.54, 1.807) is 5.48 Å². The van der Waals surface area contributed by atoms with Crippen molar-refractivity contribution < 1.29 is 5.21 Å². The number of aromatic nitrogens is 1. The Morgan fingerprint density at radius 3 is 2.90 bits per heavy atom. The molecule has 0 aliphatic rings. The van der Waals surface area contributed by atoms with Crippen molar-refractivity contribution >= 4 is 21.6 Å². The van der Waals surface area contributed by atoms with Gasteiger partial charge in [-0.15, -0.1) is 0 Å². The Morgan fingerprint density at radius 1 is 1.70 bits per heavy atom. The molecule has 0 spiro atoms. The van der Waals surface area contributed by atoms with E-state index < -0.39 is 0 Å². The first-order valence-corrected chi connectivity index (χ1v) is 3.31. The summed E-state index contributed by atoms with van der Waals surface area (Å²) in [5.74, 6) is 0. The van der Waals surface area contributed by atoms with Gasteiger partial charge in [0.05, 0.1) is 0 Å². The Hall–Kier alpha value is -0.810. The van der Waals surface area contributed by atoms with E-state index in [0.29, 0.717) is 4.47 Å². The van der Waals surface area contributed by atoms with Crippen LogP contribution in [-0.4, -0.2) is 10.2 Å². The van der Waals surface area contributed by atoms with Crippen LogP contribution in [-0.2, 0) is 0 Å². The summed E-state index contributed by atoms with van der Waals surface area (Å²) < 4.78 is 0.698. The van der Waals surface area contributed by atoms with Crippen molar-refractivity contribution in [2.45, 2.75) is 0 Å². The van der Waals surface area contributed by atoms with Crippen molar-refractivity contribution in [2.24, 2.45) is 0 Å². The van der Waals surface area contributed by atoms with Gasteiger partial charge >= 0.3 is 0 Å². The second-order valence-electron chi connectivity index (χ2n) is 1.67. The Kier molecular flexibility index (Phi) is 2.08. The molecule has 4 nitrogen and oxygen atoms in total. The van der Waals surface area contributed by atoms with Gasteiger partial charge in [-0.05, 0) is 22.0 Å². The molecule has 0 saturated carbocycles. The fourth-order valence-electron chi connectivity index (χ4n) is 0.540. The first-order chi connectivity index (χ1) is 4.74. The summed E-state index contributed by atoms with van der Waals surface area (Å²) in [6.45, 7) is 0. The molecule has 0 aliphatic heterocycles. The third-order valence-electron chi connectivity index (χ3n) is 0.988. The van der Waals surface area contributed by atoms with Gasteiger partial charge < -0.3 is 4.98 Å². The zero-order chi connectivity index (χ0) is 7.56. The van der Waals surface area contributed by atoms with E-state index in [1.165, 1.54) is 12.3 Å². The lowest BCUT2D eigenvalue weighted by atomic mass is 10.4. The molecule has 1 aromatic rings. The monoisotopic (exact) mass is 204 g/mol. The molecule has 0 amide bonds. The van der Waals surface area contributed by atoms with Crippen LogP contribution in [0.2, 0.25) is 0 Å². The van der Waals surface area contributed by atoms with Crippen molar-refractivity contribution in [3.63, 3.8) is 0 Å². The maximum atomic E-state index is 10.7. The maximum Gasteiger partial charge on any atom is 0.273 e. The molecule has 0 radical (unpaired) electrons. The smallest absolute Gasteiger partial charge is 0.273 e. The van der Waals surface area contributed by atoms with Crippen LogP contribution in [0.5, 0.6) is 0 Å². The number of rotatable bonds is 1. The lowest BCUT2D eigenvalue weighted by molar-refractivity contribution is 0.388. The number of pyridine rings is 1. The summed E-state index contributed by atoms with van der Waals surface area (Å²) in [5, 5.41) is 8.35. The average molecular weight is 205 g/mol. The van der Waals surface area contributed by atoms with Gasteiger partial charge in [-0.25, -0.2) is 0 Å². The molecular formula is C5H5BrN2O2. The minimum Gasteiger partial charge on any atom is -0.326 e. The molecule has 1 rings (SSSR count). The zero-order valence-corrected chi connectivity index (χ0v) is 6.47. The average Bonchev–Trinajstić information content (AvgIpc) is 1.94. The van der Waals surface area contributed by atoms with E-state index in [9.17, 15) is 4.79 Å². The molecule has 0 atom stereocenters. The molecule has 0 fully saturated rings. The standard InChI is InChI=1S/C5H5BrN2O2/c6-3-1-4(8-10)5(9)7-2-3/h1-2,8,10H,(H,7,9). The number of H-pyrrole nitrogens is 1. The molecule has 10 heavy (non-hydrogen) atoms. The third kappa shape index (κ3) is 1.37. The number of halogens is 1. The number of anilines is 1. The van der Waals surface area contributed by atoms with Gasteiger partial charge in [0.1, 0.15) is 5.69 Å². The summed E-state index contributed by atoms with van der Waals surface area (Å²) in [6.07, 6.45) is 1.49. The van der Waals surface area contributed by atoms with Crippen molar-refractivity contribution in [1.29, 1.82) is 0 Å². The predicted octanol–water partition coefficient (Wildman–Crippen LogP) is 0.938. The first kappa shape index (κ1) is 7.30. The van der Waals surface area contributed by atoms with Gasteiger partial charge in [-0.2, -0.15) is 0 Å². The Bertz CT molecular complexity index is 283. The van der Waals surface area contributed by atoms with Crippen LogP contribution in [0.4, 0.5) is 5.69 Å². The summed E-state index contributed by atoms with van der Waals surface area (Å²) in [5.41, 5.74) is 1.53. The van der Waals surface area contributed by atoms with E-state index >= 15 is 0 Å². The van der Waals surface area contributed by atoms with Gasteiger partial charge in [0.2, 0.25) is 0 Å². The Labute approximate surface area is 65.0 Å². The predicted molar refractivity (Wildman–Crippen MR) is 40.2 cm³/mol. The molecule has 3 N–H and O–H groups in total. The van der Waals surface area contributed by atoms with Crippen molar-refractivity contribution in [2.75, 3.05) is 5.48 Å². The summed E-state index contributed by atoms with van der Waals surface area (Å²) in [4.78, 5) is 13.1. The van der Waals surface area contributed by atoms with Gasteiger partial charge in [0.25, 0.3) is 5.56 Å². The molecule has 1 heterocycles. The van der Waals surface area contributed by atoms with Gasteiger partial charge in [0.15, 0.2) is 0 Å². The minimum atomic E-state index is -0.356. The van der Waals surface area contributed by atoms with E-state index in [4.69, 9.17) is 5.21 Å². The van der Waals surface area contributed by atoms with Crippen LogP contribution in [0, 0.1) is 0 Å². The van der Waals surface area contributed by atoms with Crippen molar-refractivity contribution in [3.8, 4) is 0 Å². The lowest BCUT2D eigenvalue weighted by Gasteiger charge is -1.95. The molecule has 0 aromatic carbocycles. The highest BCUT2D eigenvalue weighted by Crippen LogP contribution is 2.08. The van der Waals surface area contributed by atoms with Gasteiger partial charge in [-0.1, -0.05) is 0 Å². The summed E-state index contributed by atoms with van der Waals surface area (Å²) in [7, 11) is 0. The number of hydrogen-bond acceptors (Lipinski definition) is 3. The normalized spacial score (nSPS) is 9.40. The van der Waals surface area contributed by atoms with E-state index in [1.807, 2.05) is 0 Å². The van der Waals surface area contributed by atoms with Gasteiger partial charge in [0, 0.05) is 10.7 Å². The van der Waals surface area contributed by atoms with Crippen LogP contribution in [0.3, 0.4) is 0 Å². The van der Waals surface area contributed by atoms with Crippen LogP contribution in [0.1, 0.15) is 0 Å². The first-order valence-electron chi connectivity index (χ1n) is 2.52. The number of aromatic amines is 1. The molecule has 0 aliphatic carbocycles. The third-order valence-corrected chi connectivity index (χ3v) is 1.45. The highest BCUT2D eigenvalue weighted by atomic mass is 79.9.